The Balaban J connectivity index is 2.19. The fraction of sp³-hybridized carbons (Fsp3) is 0.389. The zero-order chi connectivity index (χ0) is 21.6. The van der Waals surface area contributed by atoms with E-state index in [1.165, 1.54) is 12.1 Å². The smallest absolute Gasteiger partial charge is 0.293 e. The van der Waals surface area contributed by atoms with Crippen LogP contribution in [-0.2, 0) is 16.6 Å². The van der Waals surface area contributed by atoms with Gasteiger partial charge >= 0.3 is 0 Å². The maximum atomic E-state index is 12.4. The van der Waals surface area contributed by atoms with Crippen molar-refractivity contribution in [3.8, 4) is 0 Å². The average Bonchev–Trinajstić information content (AvgIpc) is 2.65. The van der Waals surface area contributed by atoms with Crippen LogP contribution in [0, 0.1) is 10.1 Å². The molecule has 11 heteroatoms. The molecular weight excluding hydrogens is 396 g/mol. The molecule has 1 aromatic carbocycles. The molecule has 0 bridgehead atoms. The van der Waals surface area contributed by atoms with Crippen molar-refractivity contribution in [3.63, 3.8) is 0 Å². The Labute approximate surface area is 170 Å². The molecule has 0 aliphatic carbocycles. The van der Waals surface area contributed by atoms with Crippen LogP contribution in [0.25, 0.3) is 0 Å². The Bertz CT molecular complexity index is 963. The number of hydrogen-bond donors (Lipinski definition) is 2. The molecule has 0 saturated carbocycles. The first kappa shape index (κ1) is 22.5. The van der Waals surface area contributed by atoms with Gasteiger partial charge in [-0.25, -0.2) is 18.1 Å². The molecule has 0 saturated heterocycles. The van der Waals surface area contributed by atoms with E-state index in [0.717, 1.165) is 17.4 Å². The van der Waals surface area contributed by atoms with Crippen LogP contribution in [0.4, 0.5) is 17.2 Å². The Morgan fingerprint density at radius 3 is 2.48 bits per heavy atom. The van der Waals surface area contributed by atoms with Gasteiger partial charge in [-0.15, -0.1) is 0 Å². The highest BCUT2D eigenvalue weighted by molar-refractivity contribution is 7.89. The lowest BCUT2D eigenvalue weighted by Crippen LogP contribution is -2.31. The van der Waals surface area contributed by atoms with Crippen molar-refractivity contribution in [1.29, 1.82) is 0 Å². The third-order valence-electron chi connectivity index (χ3n) is 4.08. The number of nitro groups is 1. The lowest BCUT2D eigenvalue weighted by molar-refractivity contribution is -0.384. The van der Waals surface area contributed by atoms with Crippen molar-refractivity contribution in [2.45, 2.75) is 11.4 Å². The standard InChI is InChI=1S/C18H26N6O4S/c1-22(2)10-9-21-29(27,28)15-5-6-16(17(12-15)24(25)26)20-13-14-7-8-19-18(11-14)23(3)4/h5-8,11-12,20-21H,9-10,13H2,1-4H3. The Morgan fingerprint density at radius 1 is 1.14 bits per heavy atom. The molecule has 1 aromatic heterocycles. The number of likely N-dealkylation sites (N-methyl/N-ethyl adjacent to an activating group) is 1. The second-order valence-electron chi connectivity index (χ2n) is 6.91. The van der Waals surface area contributed by atoms with E-state index in [9.17, 15) is 18.5 Å². The number of pyridine rings is 1. The van der Waals surface area contributed by atoms with Crippen LogP contribution in [0.3, 0.4) is 0 Å². The first-order valence-electron chi connectivity index (χ1n) is 8.89. The first-order valence-corrected chi connectivity index (χ1v) is 10.4. The van der Waals surface area contributed by atoms with Crippen molar-refractivity contribution >= 4 is 27.2 Å². The van der Waals surface area contributed by atoms with Crippen LogP contribution >= 0.6 is 0 Å². The van der Waals surface area contributed by atoms with Crippen LogP contribution < -0.4 is 14.9 Å². The zero-order valence-electron chi connectivity index (χ0n) is 16.9. The molecular formula is C18H26N6O4S. The largest absolute Gasteiger partial charge is 0.375 e. The molecule has 0 unspecified atom stereocenters. The van der Waals surface area contributed by atoms with Gasteiger partial charge in [0.05, 0.1) is 9.82 Å². The summed E-state index contributed by atoms with van der Waals surface area (Å²) in [5.41, 5.74) is 0.827. The van der Waals surface area contributed by atoms with Gasteiger partial charge in [0.15, 0.2) is 0 Å². The monoisotopic (exact) mass is 422 g/mol. The SMILES string of the molecule is CN(C)CCNS(=O)(=O)c1ccc(NCc2ccnc(N(C)C)c2)c([N+](=O)[O-])c1. The number of anilines is 2. The van der Waals surface area contributed by atoms with Crippen LogP contribution in [0.15, 0.2) is 41.4 Å². The van der Waals surface area contributed by atoms with E-state index in [0.29, 0.717) is 13.1 Å². The summed E-state index contributed by atoms with van der Waals surface area (Å²) in [6.45, 7) is 1.05. The number of sulfonamides is 1. The number of nitro benzene ring substituents is 1. The number of nitrogens with one attached hydrogen (secondary N) is 2. The maximum absolute atomic E-state index is 12.4. The van der Waals surface area contributed by atoms with Gasteiger partial charge in [-0.1, -0.05) is 0 Å². The minimum Gasteiger partial charge on any atom is -0.375 e. The molecule has 1 heterocycles. The number of hydrogen-bond acceptors (Lipinski definition) is 8. The topological polar surface area (TPSA) is 121 Å². The van der Waals surface area contributed by atoms with E-state index >= 15 is 0 Å². The van der Waals surface area contributed by atoms with Gasteiger partial charge in [0, 0.05) is 46.0 Å². The lowest BCUT2D eigenvalue weighted by Gasteiger charge is -2.14. The van der Waals surface area contributed by atoms with Crippen molar-refractivity contribution < 1.29 is 13.3 Å². The molecule has 29 heavy (non-hydrogen) atoms. The first-order chi connectivity index (χ1) is 13.6. The molecule has 10 nitrogen and oxygen atoms in total. The summed E-state index contributed by atoms with van der Waals surface area (Å²) < 4.78 is 27.2. The molecule has 0 aliphatic rings. The second kappa shape index (κ2) is 9.63. The van der Waals surface area contributed by atoms with Crippen molar-refractivity contribution in [1.82, 2.24) is 14.6 Å². The maximum Gasteiger partial charge on any atom is 0.293 e. The molecule has 0 aliphatic heterocycles. The second-order valence-corrected chi connectivity index (χ2v) is 8.67. The van der Waals surface area contributed by atoms with Crippen molar-refractivity contribution in [2.24, 2.45) is 0 Å². The molecule has 158 valence electrons. The van der Waals surface area contributed by atoms with E-state index in [-0.39, 0.29) is 22.8 Å². The molecule has 0 radical (unpaired) electrons. The van der Waals surface area contributed by atoms with Crippen LogP contribution in [-0.4, -0.2) is 64.5 Å². The summed E-state index contributed by atoms with van der Waals surface area (Å²) in [6, 6.07) is 7.50. The third-order valence-corrected chi connectivity index (χ3v) is 5.54. The van der Waals surface area contributed by atoms with E-state index in [2.05, 4.69) is 15.0 Å². The summed E-state index contributed by atoms with van der Waals surface area (Å²) in [5, 5.41) is 14.5. The van der Waals surface area contributed by atoms with Crippen molar-refractivity contribution in [3.05, 3.63) is 52.2 Å². The molecule has 0 fully saturated rings. The Morgan fingerprint density at radius 2 is 1.86 bits per heavy atom. The van der Waals surface area contributed by atoms with Gasteiger partial charge in [-0.2, -0.15) is 0 Å². The molecule has 0 spiro atoms. The van der Waals surface area contributed by atoms with Gasteiger partial charge in [0.25, 0.3) is 5.69 Å². The van der Waals surface area contributed by atoms with Crippen LogP contribution in [0.1, 0.15) is 5.56 Å². The highest BCUT2D eigenvalue weighted by Crippen LogP contribution is 2.28. The molecule has 2 aromatic rings. The van der Waals surface area contributed by atoms with Gasteiger partial charge in [0.2, 0.25) is 10.0 Å². The van der Waals surface area contributed by atoms with Gasteiger partial charge in [0.1, 0.15) is 11.5 Å². The quantitative estimate of drug-likeness (QED) is 0.437. The van der Waals surface area contributed by atoms with Crippen LogP contribution in [0.2, 0.25) is 0 Å². The number of benzene rings is 1. The average molecular weight is 423 g/mol. The van der Waals surface area contributed by atoms with Gasteiger partial charge in [-0.05, 0) is 43.9 Å². The normalized spacial score (nSPS) is 11.5. The van der Waals surface area contributed by atoms with E-state index in [1.807, 2.05) is 44.1 Å². The fourth-order valence-corrected chi connectivity index (χ4v) is 3.52. The number of rotatable bonds is 10. The summed E-state index contributed by atoms with van der Waals surface area (Å²) in [5.74, 6) is 0.768. The predicted octanol–water partition coefficient (Wildman–Crippen LogP) is 1.51. The zero-order valence-corrected chi connectivity index (χ0v) is 17.7. The minimum absolute atomic E-state index is 0.146. The molecule has 2 rings (SSSR count). The molecule has 0 amide bonds. The number of nitrogens with zero attached hydrogens (tertiary/aromatic N) is 4. The molecule has 2 N–H and O–H groups in total. The van der Waals surface area contributed by atoms with E-state index < -0.39 is 14.9 Å². The van der Waals surface area contributed by atoms with E-state index in [1.54, 1.807) is 12.3 Å². The summed E-state index contributed by atoms with van der Waals surface area (Å²) in [7, 11) is 3.56. The minimum atomic E-state index is -3.83. The predicted molar refractivity (Wildman–Crippen MR) is 113 cm³/mol. The van der Waals surface area contributed by atoms with Gasteiger partial charge < -0.3 is 15.1 Å². The summed E-state index contributed by atoms with van der Waals surface area (Å²) >= 11 is 0. The van der Waals surface area contributed by atoms with E-state index in [4.69, 9.17) is 0 Å². The number of aromatic nitrogens is 1. The Kier molecular flexibility index (Phi) is 7.48. The lowest BCUT2D eigenvalue weighted by atomic mass is 10.2. The molecule has 0 atom stereocenters. The third kappa shape index (κ3) is 6.38. The highest BCUT2D eigenvalue weighted by atomic mass is 32.2. The van der Waals surface area contributed by atoms with Crippen LogP contribution in [0.5, 0.6) is 0 Å². The summed E-state index contributed by atoms with van der Waals surface area (Å²) in [4.78, 5) is 18.7. The van der Waals surface area contributed by atoms with Gasteiger partial charge in [-0.3, -0.25) is 10.1 Å². The fourth-order valence-electron chi connectivity index (χ4n) is 2.48. The Hall–Kier alpha value is -2.76. The van der Waals surface area contributed by atoms with Crippen molar-refractivity contribution in [2.75, 3.05) is 51.5 Å². The summed E-state index contributed by atoms with van der Waals surface area (Å²) in [6.07, 6.45) is 1.66. The highest BCUT2D eigenvalue weighted by Gasteiger charge is 2.21.